The lowest BCUT2D eigenvalue weighted by Crippen LogP contribution is -2.31. The van der Waals surface area contributed by atoms with Crippen LogP contribution < -0.4 is 10.3 Å². The number of amides is 2. The van der Waals surface area contributed by atoms with Gasteiger partial charge in [0.15, 0.2) is 0 Å². The van der Waals surface area contributed by atoms with E-state index in [0.29, 0.717) is 22.1 Å². The van der Waals surface area contributed by atoms with Crippen molar-refractivity contribution in [3.05, 3.63) is 53.2 Å². The molecule has 0 bridgehead atoms. The van der Waals surface area contributed by atoms with Gasteiger partial charge in [-0.05, 0) is 43.0 Å². The maximum absolute atomic E-state index is 12.3. The number of aromatic nitrogens is 1. The number of fused-ring (bicyclic) bond motifs is 1. The van der Waals surface area contributed by atoms with Crippen LogP contribution in [0, 0.1) is 11.3 Å². The summed E-state index contributed by atoms with van der Waals surface area (Å²) in [5, 5.41) is 18.1. The van der Waals surface area contributed by atoms with Gasteiger partial charge in [-0.2, -0.15) is 15.4 Å². The Morgan fingerprint density at radius 3 is 2.89 bits per heavy atom. The van der Waals surface area contributed by atoms with Crippen molar-refractivity contribution in [1.29, 1.82) is 5.26 Å². The van der Waals surface area contributed by atoms with Crippen LogP contribution in [0.25, 0.3) is 0 Å². The normalized spacial score (nSPS) is 15.2. The molecule has 0 fully saturated rings. The molecule has 2 aromatic rings. The third kappa shape index (κ3) is 3.75. The number of rotatable bonds is 4. The summed E-state index contributed by atoms with van der Waals surface area (Å²) in [7, 11) is 0. The molecule has 0 unspecified atom stereocenters. The van der Waals surface area contributed by atoms with Crippen molar-refractivity contribution in [1.82, 2.24) is 10.3 Å². The fourth-order valence-electron chi connectivity index (χ4n) is 3.24. The number of nitriles is 1. The quantitative estimate of drug-likeness (QED) is 0.807. The third-order valence-corrected chi connectivity index (χ3v) is 5.53. The minimum atomic E-state index is -0.280. The highest BCUT2D eigenvalue weighted by atomic mass is 32.2. The first-order valence-electron chi connectivity index (χ1n) is 8.95. The van der Waals surface area contributed by atoms with Crippen molar-refractivity contribution in [2.45, 2.75) is 30.7 Å². The molecule has 0 saturated heterocycles. The lowest BCUT2D eigenvalue weighted by molar-refractivity contribution is -0.117. The van der Waals surface area contributed by atoms with Gasteiger partial charge in [0.1, 0.15) is 16.9 Å². The average Bonchev–Trinajstić information content (AvgIpc) is 3.31. The molecule has 2 aliphatic rings. The van der Waals surface area contributed by atoms with E-state index in [9.17, 15) is 14.9 Å². The van der Waals surface area contributed by atoms with Crippen LogP contribution in [0.4, 0.5) is 5.69 Å². The Balaban J connectivity index is 1.39. The molecule has 1 N–H and O–H groups in total. The molecule has 2 amide bonds. The molecule has 4 rings (SSSR count). The lowest BCUT2D eigenvalue weighted by atomic mass is 10.2. The number of pyridine rings is 1. The summed E-state index contributed by atoms with van der Waals surface area (Å²) in [6.07, 6.45) is 2.96. The van der Waals surface area contributed by atoms with Crippen LogP contribution in [0.15, 0.2) is 46.5 Å². The zero-order valence-corrected chi connectivity index (χ0v) is 15.8. The standard InChI is InChI=1S/C20H17N5O2S/c21-11-14-9-13-5-4-8-16(13)22-20(14)28-12-18(26)23-17-10-19(27)25(24-17)15-6-2-1-3-7-15/h1-3,6-7,9H,4-5,8,10,12H2,(H,23,24,26). The number of thioether (sulfide) groups is 1. The number of nitrogens with zero attached hydrogens (tertiary/aromatic N) is 4. The first kappa shape index (κ1) is 18.2. The molecule has 1 aromatic heterocycles. The fourth-order valence-corrected chi connectivity index (χ4v) is 4.02. The predicted octanol–water partition coefficient (Wildman–Crippen LogP) is 2.40. The van der Waals surface area contributed by atoms with Gasteiger partial charge in [-0.25, -0.2) is 4.98 Å². The third-order valence-electron chi connectivity index (χ3n) is 4.54. The number of hydrogen-bond acceptors (Lipinski definition) is 6. The molecule has 28 heavy (non-hydrogen) atoms. The first-order valence-corrected chi connectivity index (χ1v) is 9.93. The van der Waals surface area contributed by atoms with Gasteiger partial charge >= 0.3 is 0 Å². The van der Waals surface area contributed by atoms with E-state index in [2.05, 4.69) is 21.5 Å². The number of hydrogen-bond donors (Lipinski definition) is 1. The molecule has 1 aliphatic carbocycles. The Bertz CT molecular complexity index is 1010. The number of nitrogens with one attached hydrogen (secondary N) is 1. The Morgan fingerprint density at radius 2 is 2.11 bits per heavy atom. The largest absolute Gasteiger partial charge is 0.312 e. The Hall–Kier alpha value is -3.18. The van der Waals surface area contributed by atoms with Crippen molar-refractivity contribution < 1.29 is 9.59 Å². The maximum Gasteiger partial charge on any atom is 0.255 e. The highest BCUT2D eigenvalue weighted by Gasteiger charge is 2.26. The minimum Gasteiger partial charge on any atom is -0.312 e. The van der Waals surface area contributed by atoms with Gasteiger partial charge in [0.25, 0.3) is 5.91 Å². The van der Waals surface area contributed by atoms with Crippen molar-refractivity contribution in [2.24, 2.45) is 5.10 Å². The van der Waals surface area contributed by atoms with Crippen LogP contribution in [0.5, 0.6) is 0 Å². The molecule has 1 aliphatic heterocycles. The van der Waals surface area contributed by atoms with Gasteiger partial charge in [-0.15, -0.1) is 0 Å². The van der Waals surface area contributed by atoms with Gasteiger partial charge in [0.05, 0.1) is 23.4 Å². The van der Waals surface area contributed by atoms with E-state index in [1.54, 1.807) is 12.1 Å². The molecule has 2 heterocycles. The number of anilines is 1. The zero-order valence-electron chi connectivity index (χ0n) is 15.0. The minimum absolute atomic E-state index is 0.0475. The molecule has 0 atom stereocenters. The summed E-state index contributed by atoms with van der Waals surface area (Å²) in [6, 6.07) is 13.1. The highest BCUT2D eigenvalue weighted by Crippen LogP contribution is 2.27. The topological polar surface area (TPSA) is 98.4 Å². The molecule has 0 saturated carbocycles. The second kappa shape index (κ2) is 7.82. The van der Waals surface area contributed by atoms with Crippen LogP contribution in [-0.4, -0.2) is 28.4 Å². The van der Waals surface area contributed by atoms with Gasteiger partial charge in [-0.1, -0.05) is 30.0 Å². The van der Waals surface area contributed by atoms with Crippen molar-refractivity contribution in [3.8, 4) is 6.07 Å². The number of benzene rings is 1. The van der Waals surface area contributed by atoms with Gasteiger partial charge in [0.2, 0.25) is 5.91 Å². The number of amidine groups is 1. The summed E-state index contributed by atoms with van der Waals surface area (Å²) >= 11 is 1.23. The molecular weight excluding hydrogens is 374 g/mol. The fraction of sp³-hybridized carbons (Fsp3) is 0.250. The van der Waals surface area contributed by atoms with Gasteiger partial charge in [0, 0.05) is 5.69 Å². The Morgan fingerprint density at radius 1 is 1.29 bits per heavy atom. The van der Waals surface area contributed by atoms with E-state index in [-0.39, 0.29) is 24.0 Å². The monoisotopic (exact) mass is 391 g/mol. The summed E-state index contributed by atoms with van der Waals surface area (Å²) in [5.74, 6) is -0.0559. The smallest absolute Gasteiger partial charge is 0.255 e. The van der Waals surface area contributed by atoms with E-state index >= 15 is 0 Å². The number of carbonyl (C=O) groups excluding carboxylic acids is 2. The van der Waals surface area contributed by atoms with Crippen LogP contribution in [0.3, 0.4) is 0 Å². The SMILES string of the molecule is N#Cc1cc2c(nc1SCC(=O)NC1=NN(c3ccccc3)C(=O)C1)CCC2. The van der Waals surface area contributed by atoms with E-state index < -0.39 is 0 Å². The molecule has 1 aromatic carbocycles. The predicted molar refractivity (Wildman–Crippen MR) is 106 cm³/mol. The highest BCUT2D eigenvalue weighted by molar-refractivity contribution is 8.00. The Kier molecular flexibility index (Phi) is 5.08. The molecular formula is C20H17N5O2S. The van der Waals surface area contributed by atoms with Crippen LogP contribution in [0.2, 0.25) is 0 Å². The van der Waals surface area contributed by atoms with Crippen molar-refractivity contribution in [2.75, 3.05) is 10.8 Å². The van der Waals surface area contributed by atoms with Crippen LogP contribution in [0.1, 0.15) is 29.7 Å². The first-order chi connectivity index (χ1) is 13.6. The summed E-state index contributed by atoms with van der Waals surface area (Å²) in [6.45, 7) is 0. The second-order valence-corrected chi connectivity index (χ2v) is 7.48. The molecule has 7 nitrogen and oxygen atoms in total. The van der Waals surface area contributed by atoms with Crippen molar-refractivity contribution in [3.63, 3.8) is 0 Å². The molecule has 8 heteroatoms. The number of hydrazone groups is 1. The van der Waals surface area contributed by atoms with Crippen LogP contribution in [-0.2, 0) is 22.4 Å². The van der Waals surface area contributed by atoms with Gasteiger partial charge < -0.3 is 5.32 Å². The zero-order chi connectivity index (χ0) is 19.5. The number of para-hydroxylation sites is 1. The molecule has 0 radical (unpaired) electrons. The van der Waals surface area contributed by atoms with E-state index in [0.717, 1.165) is 30.5 Å². The van der Waals surface area contributed by atoms with Crippen molar-refractivity contribution >= 4 is 35.1 Å². The molecule has 0 spiro atoms. The summed E-state index contributed by atoms with van der Waals surface area (Å²) < 4.78 is 0. The van der Waals surface area contributed by atoms with E-state index in [1.165, 1.54) is 16.8 Å². The van der Waals surface area contributed by atoms with Crippen LogP contribution >= 0.6 is 11.8 Å². The summed E-state index contributed by atoms with van der Waals surface area (Å²) in [5.41, 5.74) is 3.31. The van der Waals surface area contributed by atoms with Gasteiger partial charge in [-0.3, -0.25) is 9.59 Å². The van der Waals surface area contributed by atoms with E-state index in [1.807, 2.05) is 24.3 Å². The Labute approximate surface area is 166 Å². The maximum atomic E-state index is 12.3. The van der Waals surface area contributed by atoms with E-state index in [4.69, 9.17) is 0 Å². The average molecular weight is 391 g/mol. The number of carbonyl (C=O) groups is 2. The molecule has 140 valence electrons. The second-order valence-electron chi connectivity index (χ2n) is 6.51. The number of aryl methyl sites for hydroxylation is 2. The lowest BCUT2D eigenvalue weighted by Gasteiger charge is -2.10. The summed E-state index contributed by atoms with van der Waals surface area (Å²) in [4.78, 5) is 29.0.